The molecule has 1 fully saturated rings. The number of amides is 1. The van der Waals surface area contributed by atoms with Crippen molar-refractivity contribution in [2.75, 3.05) is 5.32 Å². The third-order valence-corrected chi connectivity index (χ3v) is 7.93. The SMILES string of the molecule is O=C(Nc1ccccc1[C]1[CH][CH][CH][C]1P(c1ccccc1)c1ccccc1)c1ccccn1. The molecule has 0 bridgehead atoms. The first-order chi connectivity index (χ1) is 16.3. The Balaban J connectivity index is 1.50. The summed E-state index contributed by atoms with van der Waals surface area (Å²) in [7, 11) is -0.755. The Morgan fingerprint density at radius 1 is 0.697 bits per heavy atom. The molecule has 1 heterocycles. The summed E-state index contributed by atoms with van der Waals surface area (Å²) in [6.45, 7) is 0. The van der Waals surface area contributed by atoms with Crippen molar-refractivity contribution < 1.29 is 4.79 Å². The summed E-state index contributed by atoms with van der Waals surface area (Å²) in [6.07, 6.45) is 8.08. The number of nitrogens with zero attached hydrogens (tertiary/aromatic N) is 1. The number of rotatable bonds is 6. The first-order valence-electron chi connectivity index (χ1n) is 10.8. The van der Waals surface area contributed by atoms with Crippen molar-refractivity contribution in [3.63, 3.8) is 0 Å². The van der Waals surface area contributed by atoms with Crippen LogP contribution in [0.3, 0.4) is 0 Å². The smallest absolute Gasteiger partial charge is 0.274 e. The molecule has 159 valence electrons. The van der Waals surface area contributed by atoms with Gasteiger partial charge < -0.3 is 5.32 Å². The zero-order valence-corrected chi connectivity index (χ0v) is 18.8. The summed E-state index contributed by atoms with van der Waals surface area (Å²) in [5.41, 5.74) is 3.44. The highest BCUT2D eigenvalue weighted by Gasteiger charge is 2.39. The lowest BCUT2D eigenvalue weighted by atomic mass is 9.95. The van der Waals surface area contributed by atoms with Gasteiger partial charge in [0.1, 0.15) is 5.69 Å². The topological polar surface area (TPSA) is 42.0 Å². The van der Waals surface area contributed by atoms with E-state index in [1.54, 1.807) is 18.3 Å². The normalized spacial score (nSPS) is 14.5. The molecule has 5 radical (unpaired) electrons. The van der Waals surface area contributed by atoms with E-state index in [0.29, 0.717) is 5.69 Å². The molecule has 0 atom stereocenters. The number of benzene rings is 3. The summed E-state index contributed by atoms with van der Waals surface area (Å²) < 4.78 is 0. The highest BCUT2D eigenvalue weighted by molar-refractivity contribution is 7.76. The maximum absolute atomic E-state index is 12.8. The number of nitrogens with one attached hydrogen (secondary N) is 1. The van der Waals surface area contributed by atoms with Gasteiger partial charge in [-0.1, -0.05) is 84.9 Å². The number of hydrogen-bond donors (Lipinski definition) is 1. The highest BCUT2D eigenvalue weighted by Crippen LogP contribution is 2.58. The summed E-state index contributed by atoms with van der Waals surface area (Å²) in [6, 6.07) is 34.6. The van der Waals surface area contributed by atoms with E-state index in [1.165, 1.54) is 16.3 Å². The van der Waals surface area contributed by atoms with Crippen LogP contribution in [-0.2, 0) is 0 Å². The maximum Gasteiger partial charge on any atom is 0.274 e. The van der Waals surface area contributed by atoms with Gasteiger partial charge in [-0.05, 0) is 61.6 Å². The van der Waals surface area contributed by atoms with Crippen molar-refractivity contribution in [3.8, 4) is 0 Å². The first kappa shape index (κ1) is 21.6. The molecule has 4 heteroatoms. The molecule has 33 heavy (non-hydrogen) atoms. The Morgan fingerprint density at radius 3 is 2.00 bits per heavy atom. The molecule has 1 N–H and O–H groups in total. The van der Waals surface area contributed by atoms with Gasteiger partial charge in [-0.15, -0.1) is 0 Å². The lowest BCUT2D eigenvalue weighted by Crippen LogP contribution is -2.21. The number of aromatic nitrogens is 1. The van der Waals surface area contributed by atoms with E-state index in [4.69, 9.17) is 0 Å². The summed E-state index contributed by atoms with van der Waals surface area (Å²) in [4.78, 5) is 17.0. The summed E-state index contributed by atoms with van der Waals surface area (Å²) in [5, 5.41) is 5.65. The molecule has 1 saturated carbocycles. The Hall–Kier alpha value is -3.29. The van der Waals surface area contributed by atoms with Crippen LogP contribution in [0.15, 0.2) is 109 Å². The van der Waals surface area contributed by atoms with Gasteiger partial charge in [-0.25, -0.2) is 0 Å². The molecule has 1 amide bonds. The number of anilines is 1. The van der Waals surface area contributed by atoms with Crippen molar-refractivity contribution in [3.05, 3.63) is 151 Å². The minimum absolute atomic E-state index is 0.218. The predicted molar refractivity (Wildman–Crippen MR) is 136 cm³/mol. The standard InChI is InChI=1S/C29H22N2OP/c32-29(27-19-9-10-21-30-27)31-26-18-8-7-16-24(26)25-17-11-20-28(25)33(22-12-3-1-4-13-22)23-14-5-2-6-15-23/h1-21H,(H,31,32). The predicted octanol–water partition coefficient (Wildman–Crippen LogP) is 5.55. The van der Waals surface area contributed by atoms with Gasteiger partial charge in [-0.2, -0.15) is 0 Å². The van der Waals surface area contributed by atoms with E-state index in [9.17, 15) is 4.79 Å². The largest absolute Gasteiger partial charge is 0.320 e. The van der Waals surface area contributed by atoms with Crippen LogP contribution in [0.5, 0.6) is 0 Å². The Labute approximate surface area is 196 Å². The molecule has 0 spiro atoms. The highest BCUT2D eigenvalue weighted by atomic mass is 31.1. The lowest BCUT2D eigenvalue weighted by Gasteiger charge is -2.30. The maximum atomic E-state index is 12.8. The van der Waals surface area contributed by atoms with Crippen molar-refractivity contribution in [2.45, 2.75) is 0 Å². The van der Waals surface area contributed by atoms with E-state index in [2.05, 4.69) is 96.3 Å². The van der Waals surface area contributed by atoms with Gasteiger partial charge in [0, 0.05) is 23.5 Å². The minimum atomic E-state index is -0.755. The van der Waals surface area contributed by atoms with E-state index in [0.717, 1.165) is 17.2 Å². The summed E-state index contributed by atoms with van der Waals surface area (Å²) >= 11 is 0. The van der Waals surface area contributed by atoms with Gasteiger partial charge >= 0.3 is 0 Å². The van der Waals surface area contributed by atoms with Crippen molar-refractivity contribution in [1.29, 1.82) is 0 Å². The van der Waals surface area contributed by atoms with Crippen LogP contribution < -0.4 is 15.9 Å². The van der Waals surface area contributed by atoms with Gasteiger partial charge in [0.2, 0.25) is 0 Å². The van der Waals surface area contributed by atoms with Gasteiger partial charge in [-0.3, -0.25) is 9.78 Å². The molecule has 3 nitrogen and oxygen atoms in total. The van der Waals surface area contributed by atoms with Crippen molar-refractivity contribution in [2.24, 2.45) is 0 Å². The lowest BCUT2D eigenvalue weighted by molar-refractivity contribution is 0.102. The zero-order valence-electron chi connectivity index (χ0n) is 17.9. The monoisotopic (exact) mass is 445 g/mol. The third-order valence-electron chi connectivity index (χ3n) is 5.43. The fourth-order valence-corrected chi connectivity index (χ4v) is 6.39. The molecular formula is C29H22N2OP. The number of para-hydroxylation sites is 1. The van der Waals surface area contributed by atoms with Crippen LogP contribution in [-0.4, -0.2) is 10.9 Å². The van der Waals surface area contributed by atoms with E-state index >= 15 is 0 Å². The Kier molecular flexibility index (Phi) is 6.60. The average molecular weight is 445 g/mol. The van der Waals surface area contributed by atoms with Gasteiger partial charge in [0.25, 0.3) is 5.91 Å². The third kappa shape index (κ3) is 4.74. The van der Waals surface area contributed by atoms with E-state index in [-0.39, 0.29) is 5.91 Å². The zero-order chi connectivity index (χ0) is 22.5. The second-order valence-electron chi connectivity index (χ2n) is 7.55. The van der Waals surface area contributed by atoms with Crippen LogP contribution in [0, 0.1) is 30.8 Å². The average Bonchev–Trinajstić information content (AvgIpc) is 3.35. The molecule has 0 aliphatic heterocycles. The van der Waals surface area contributed by atoms with E-state index in [1.807, 2.05) is 24.3 Å². The van der Waals surface area contributed by atoms with Crippen molar-refractivity contribution >= 4 is 30.1 Å². The molecule has 1 aromatic heterocycles. The van der Waals surface area contributed by atoms with Gasteiger partial charge in [0.05, 0.1) is 0 Å². The molecule has 0 unspecified atom stereocenters. The fourth-order valence-electron chi connectivity index (χ4n) is 3.93. The second kappa shape index (κ2) is 10.1. The van der Waals surface area contributed by atoms with Gasteiger partial charge in [0.15, 0.2) is 0 Å². The number of pyridine rings is 1. The van der Waals surface area contributed by atoms with Crippen LogP contribution in [0.4, 0.5) is 5.69 Å². The van der Waals surface area contributed by atoms with Crippen LogP contribution in [0.2, 0.25) is 0 Å². The molecule has 1 aliphatic carbocycles. The van der Waals surface area contributed by atoms with Crippen LogP contribution >= 0.6 is 7.92 Å². The Morgan fingerprint density at radius 2 is 1.33 bits per heavy atom. The quantitative estimate of drug-likeness (QED) is 0.396. The molecule has 5 rings (SSSR count). The molecule has 1 aliphatic rings. The second-order valence-corrected chi connectivity index (χ2v) is 9.73. The van der Waals surface area contributed by atoms with E-state index < -0.39 is 7.92 Å². The number of hydrogen-bond acceptors (Lipinski definition) is 2. The molecule has 0 saturated heterocycles. The fraction of sp³-hybridized carbons (Fsp3) is 0. The van der Waals surface area contributed by atoms with Crippen molar-refractivity contribution in [1.82, 2.24) is 4.98 Å². The summed E-state index contributed by atoms with van der Waals surface area (Å²) in [5.74, 6) is 0.912. The molecule has 4 aromatic rings. The minimum Gasteiger partial charge on any atom is -0.320 e. The van der Waals surface area contributed by atoms with Crippen LogP contribution in [0.1, 0.15) is 16.1 Å². The first-order valence-corrected chi connectivity index (χ1v) is 12.1. The Bertz CT molecular complexity index is 1160. The molecular weight excluding hydrogens is 423 g/mol. The number of carbonyl (C=O) groups is 1. The molecule has 3 aromatic carbocycles. The number of carbonyl (C=O) groups excluding carboxylic acids is 1. The van der Waals surface area contributed by atoms with Crippen LogP contribution in [0.25, 0.3) is 0 Å².